The highest BCUT2D eigenvalue weighted by atomic mass is 127. The second-order valence-electron chi connectivity index (χ2n) is 5.49. The number of carbonyl (C=O) groups is 1. The number of nitrogens with one attached hydrogen (secondary N) is 1. The lowest BCUT2D eigenvalue weighted by Gasteiger charge is -2.07. The van der Waals surface area contributed by atoms with Gasteiger partial charge in [-0.15, -0.1) is 0 Å². The van der Waals surface area contributed by atoms with Crippen LogP contribution in [0.4, 0.5) is 5.69 Å². The standard InChI is InChI=1S/C15H16ClIN4O2/c16-11-8-10(17)5-6-12(11)18-14(22)9-21-15(23)20-7-3-1-2-4-13(20)19-21/h5-6,8H,1-4,7,9H2,(H,18,22). The third-order valence-corrected chi connectivity index (χ3v) is 4.76. The van der Waals surface area contributed by atoms with Crippen molar-refractivity contribution >= 4 is 45.8 Å². The molecule has 2 heterocycles. The Morgan fingerprint density at radius 3 is 2.96 bits per heavy atom. The minimum Gasteiger partial charge on any atom is -0.323 e. The zero-order valence-electron chi connectivity index (χ0n) is 12.4. The smallest absolute Gasteiger partial charge is 0.323 e. The van der Waals surface area contributed by atoms with E-state index in [2.05, 4.69) is 33.0 Å². The van der Waals surface area contributed by atoms with Crippen LogP contribution in [0.5, 0.6) is 0 Å². The van der Waals surface area contributed by atoms with Crippen molar-refractivity contribution in [2.75, 3.05) is 5.32 Å². The van der Waals surface area contributed by atoms with E-state index in [9.17, 15) is 9.59 Å². The van der Waals surface area contributed by atoms with E-state index in [0.717, 1.165) is 35.1 Å². The van der Waals surface area contributed by atoms with Crippen molar-refractivity contribution in [3.8, 4) is 0 Å². The summed E-state index contributed by atoms with van der Waals surface area (Å²) in [6.07, 6.45) is 3.89. The van der Waals surface area contributed by atoms with Crippen molar-refractivity contribution in [3.63, 3.8) is 0 Å². The molecule has 0 unspecified atom stereocenters. The first-order valence-electron chi connectivity index (χ1n) is 7.46. The first kappa shape index (κ1) is 16.5. The van der Waals surface area contributed by atoms with Crippen LogP contribution in [-0.2, 0) is 24.3 Å². The third-order valence-electron chi connectivity index (χ3n) is 3.78. The number of amides is 1. The van der Waals surface area contributed by atoms with Crippen LogP contribution in [0, 0.1) is 3.57 Å². The van der Waals surface area contributed by atoms with Crippen molar-refractivity contribution in [2.24, 2.45) is 0 Å². The zero-order chi connectivity index (χ0) is 16.4. The fraction of sp³-hybridized carbons (Fsp3) is 0.400. The molecule has 0 atom stereocenters. The summed E-state index contributed by atoms with van der Waals surface area (Å²) in [5.74, 6) is 0.455. The van der Waals surface area contributed by atoms with Crippen LogP contribution in [0.3, 0.4) is 0 Å². The van der Waals surface area contributed by atoms with E-state index >= 15 is 0 Å². The second kappa shape index (κ2) is 7.04. The van der Waals surface area contributed by atoms with Crippen LogP contribution >= 0.6 is 34.2 Å². The molecule has 8 heteroatoms. The molecule has 0 spiro atoms. The number of aromatic nitrogens is 3. The number of anilines is 1. The number of rotatable bonds is 3. The fourth-order valence-corrected chi connectivity index (χ4v) is 3.55. The molecule has 1 aliphatic heterocycles. The SMILES string of the molecule is O=C(Cn1nc2n(c1=O)CCCCC2)Nc1ccc(I)cc1Cl. The number of hydrogen-bond donors (Lipinski definition) is 1. The molecule has 122 valence electrons. The predicted octanol–water partition coefficient (Wildman–Crippen LogP) is 2.67. The van der Waals surface area contributed by atoms with Gasteiger partial charge in [0.15, 0.2) is 0 Å². The number of nitrogens with zero attached hydrogens (tertiary/aromatic N) is 3. The van der Waals surface area contributed by atoms with Crippen LogP contribution in [0.25, 0.3) is 0 Å². The molecule has 1 aromatic carbocycles. The Balaban J connectivity index is 1.74. The molecule has 0 aliphatic carbocycles. The molecular formula is C15H16ClIN4O2. The highest BCUT2D eigenvalue weighted by Gasteiger charge is 2.17. The van der Waals surface area contributed by atoms with Gasteiger partial charge >= 0.3 is 5.69 Å². The van der Waals surface area contributed by atoms with Crippen molar-refractivity contribution in [3.05, 3.63) is 43.1 Å². The van der Waals surface area contributed by atoms with Crippen LogP contribution in [0.2, 0.25) is 5.02 Å². The van der Waals surface area contributed by atoms with Gasteiger partial charge in [0.05, 0.1) is 10.7 Å². The number of carbonyl (C=O) groups excluding carboxylic acids is 1. The average Bonchev–Trinajstić information content (AvgIpc) is 2.68. The Labute approximate surface area is 152 Å². The van der Waals surface area contributed by atoms with Gasteiger partial charge in [-0.05, 0) is 53.6 Å². The quantitative estimate of drug-likeness (QED) is 0.737. The number of fused-ring (bicyclic) bond motifs is 1. The molecule has 1 aromatic heterocycles. The van der Waals surface area contributed by atoms with Gasteiger partial charge in [0.25, 0.3) is 0 Å². The Morgan fingerprint density at radius 2 is 2.17 bits per heavy atom. The maximum atomic E-state index is 12.3. The van der Waals surface area contributed by atoms with Gasteiger partial charge in [-0.25, -0.2) is 9.48 Å². The summed E-state index contributed by atoms with van der Waals surface area (Å²) in [7, 11) is 0. The van der Waals surface area contributed by atoms with Crippen molar-refractivity contribution in [1.82, 2.24) is 14.3 Å². The molecule has 0 fully saturated rings. The monoisotopic (exact) mass is 446 g/mol. The molecule has 3 rings (SSSR count). The fourth-order valence-electron chi connectivity index (χ4n) is 2.64. The molecule has 0 radical (unpaired) electrons. The maximum Gasteiger partial charge on any atom is 0.346 e. The first-order chi connectivity index (χ1) is 11.0. The highest BCUT2D eigenvalue weighted by Crippen LogP contribution is 2.23. The summed E-state index contributed by atoms with van der Waals surface area (Å²) < 4.78 is 3.90. The number of benzene rings is 1. The molecule has 2 aromatic rings. The molecule has 1 amide bonds. The first-order valence-corrected chi connectivity index (χ1v) is 8.91. The van der Waals surface area contributed by atoms with Crippen LogP contribution < -0.4 is 11.0 Å². The van der Waals surface area contributed by atoms with Crippen LogP contribution in [-0.4, -0.2) is 20.3 Å². The third kappa shape index (κ3) is 3.77. The molecular weight excluding hydrogens is 431 g/mol. The molecule has 1 N–H and O–H groups in total. The second-order valence-corrected chi connectivity index (χ2v) is 7.14. The van der Waals surface area contributed by atoms with Gasteiger partial charge in [-0.3, -0.25) is 9.36 Å². The Kier molecular flexibility index (Phi) is 5.05. The zero-order valence-corrected chi connectivity index (χ0v) is 15.3. The van der Waals surface area contributed by atoms with Crippen molar-refractivity contribution in [2.45, 2.75) is 38.8 Å². The summed E-state index contributed by atoms with van der Waals surface area (Å²) in [4.78, 5) is 24.5. The Hall–Kier alpha value is -1.35. The van der Waals surface area contributed by atoms with Gasteiger partial charge in [0, 0.05) is 16.5 Å². The topological polar surface area (TPSA) is 68.9 Å². The van der Waals surface area contributed by atoms with E-state index in [1.54, 1.807) is 16.7 Å². The summed E-state index contributed by atoms with van der Waals surface area (Å²) in [6.45, 7) is 0.569. The maximum absolute atomic E-state index is 12.3. The number of halogens is 2. The molecule has 6 nitrogen and oxygen atoms in total. The van der Waals surface area contributed by atoms with E-state index in [0.29, 0.717) is 17.3 Å². The van der Waals surface area contributed by atoms with Crippen molar-refractivity contribution in [1.29, 1.82) is 0 Å². The van der Waals surface area contributed by atoms with Gasteiger partial charge in [-0.1, -0.05) is 18.0 Å². The van der Waals surface area contributed by atoms with Crippen LogP contribution in [0.1, 0.15) is 25.1 Å². The summed E-state index contributed by atoms with van der Waals surface area (Å²) >= 11 is 8.25. The van der Waals surface area contributed by atoms with Crippen molar-refractivity contribution < 1.29 is 4.79 Å². The van der Waals surface area contributed by atoms with Gasteiger partial charge in [0.1, 0.15) is 12.4 Å². The summed E-state index contributed by atoms with van der Waals surface area (Å²) in [5, 5.41) is 7.49. The van der Waals surface area contributed by atoms with Gasteiger partial charge < -0.3 is 5.32 Å². The lowest BCUT2D eigenvalue weighted by molar-refractivity contribution is -0.117. The Bertz CT molecular complexity index is 799. The van der Waals surface area contributed by atoms with Gasteiger partial charge in [0.2, 0.25) is 5.91 Å². The van der Waals surface area contributed by atoms with E-state index < -0.39 is 0 Å². The highest BCUT2D eigenvalue weighted by molar-refractivity contribution is 14.1. The lowest BCUT2D eigenvalue weighted by Crippen LogP contribution is -2.30. The largest absolute Gasteiger partial charge is 0.346 e. The van der Waals surface area contributed by atoms with E-state index in [1.165, 1.54) is 4.68 Å². The van der Waals surface area contributed by atoms with Crippen LogP contribution in [0.15, 0.2) is 23.0 Å². The number of aryl methyl sites for hydroxylation is 1. The van der Waals surface area contributed by atoms with E-state index in [-0.39, 0.29) is 18.1 Å². The normalized spacial score (nSPS) is 14.2. The molecule has 23 heavy (non-hydrogen) atoms. The lowest BCUT2D eigenvalue weighted by atomic mass is 10.2. The van der Waals surface area contributed by atoms with E-state index in [1.807, 2.05) is 6.07 Å². The van der Waals surface area contributed by atoms with E-state index in [4.69, 9.17) is 11.6 Å². The summed E-state index contributed by atoms with van der Waals surface area (Å²) in [6, 6.07) is 5.36. The minimum atomic E-state index is -0.316. The molecule has 1 aliphatic rings. The average molecular weight is 447 g/mol. The molecule has 0 saturated heterocycles. The van der Waals surface area contributed by atoms with Gasteiger partial charge in [-0.2, -0.15) is 5.10 Å². The minimum absolute atomic E-state index is 0.110. The Morgan fingerprint density at radius 1 is 1.35 bits per heavy atom. The molecule has 0 bridgehead atoms. The molecule has 0 saturated carbocycles. The summed E-state index contributed by atoms with van der Waals surface area (Å²) in [5.41, 5.74) is 0.316. The predicted molar refractivity (Wildman–Crippen MR) is 96.8 cm³/mol. The number of hydrogen-bond acceptors (Lipinski definition) is 3.